The quantitative estimate of drug-likeness (QED) is 0.588. The molecule has 2 aliphatic rings. The molecule has 0 radical (unpaired) electrons. The Morgan fingerprint density at radius 3 is 2.70 bits per heavy atom. The molecule has 0 bridgehead atoms. The maximum atomic E-state index is 12.3. The Kier molecular flexibility index (Phi) is 4.92. The molecule has 3 rings (SSSR count). The predicted octanol–water partition coefficient (Wildman–Crippen LogP) is 2.17. The second-order valence-corrected chi connectivity index (χ2v) is 6.67. The molecule has 0 aliphatic carbocycles. The third-order valence-electron chi connectivity index (χ3n) is 4.21. The summed E-state index contributed by atoms with van der Waals surface area (Å²) in [5.74, 6) is -0.259. The van der Waals surface area contributed by atoms with Crippen LogP contribution in [0.3, 0.4) is 0 Å². The van der Waals surface area contributed by atoms with E-state index in [0.717, 1.165) is 5.56 Å². The predicted molar refractivity (Wildman–Crippen MR) is 86.1 cm³/mol. The number of carbonyl (C=O) groups is 1. The lowest BCUT2D eigenvalue weighted by atomic mass is 9.92. The summed E-state index contributed by atoms with van der Waals surface area (Å²) in [6, 6.07) is 9.67. The number of carbonyl (C=O) groups excluding carboxylic acids is 1. The fourth-order valence-corrected chi connectivity index (χ4v) is 3.28. The van der Waals surface area contributed by atoms with Gasteiger partial charge in [-0.25, -0.2) is 0 Å². The first-order valence-corrected chi connectivity index (χ1v) is 8.39. The Balaban J connectivity index is 1.66. The first kappa shape index (κ1) is 16.7. The van der Waals surface area contributed by atoms with Crippen LogP contribution in [0.2, 0.25) is 0 Å². The molecule has 1 amide bonds. The van der Waals surface area contributed by atoms with Crippen LogP contribution >= 0.6 is 11.6 Å². The van der Waals surface area contributed by atoms with E-state index < -0.39 is 11.9 Å². The van der Waals surface area contributed by atoms with Crippen LogP contribution in [0.1, 0.15) is 19.4 Å². The van der Waals surface area contributed by atoms with Crippen LogP contribution in [-0.4, -0.2) is 53.9 Å². The van der Waals surface area contributed by atoms with Crippen molar-refractivity contribution in [3.8, 4) is 0 Å². The third kappa shape index (κ3) is 3.53. The standard InChI is InChI=1S/C17H22ClNO4/c1-17(2)22-11-13(23-17)14-15(16(20)19(14)9-8-18)21-10-12-6-4-3-5-7-12/h3-7,13-15H,8-11H2,1-2H3/t13-,14+,15-/m1/s1. The molecule has 5 nitrogen and oxygen atoms in total. The summed E-state index contributed by atoms with van der Waals surface area (Å²) in [6.07, 6.45) is -0.687. The number of rotatable bonds is 6. The van der Waals surface area contributed by atoms with Gasteiger partial charge >= 0.3 is 0 Å². The Bertz CT molecular complexity index is 551. The van der Waals surface area contributed by atoms with E-state index in [2.05, 4.69) is 0 Å². The normalized spacial score (nSPS) is 29.6. The highest BCUT2D eigenvalue weighted by Gasteiger charge is 2.55. The third-order valence-corrected chi connectivity index (χ3v) is 4.37. The van der Waals surface area contributed by atoms with Gasteiger partial charge in [-0.1, -0.05) is 30.3 Å². The zero-order valence-corrected chi connectivity index (χ0v) is 14.2. The average molecular weight is 340 g/mol. The Labute approximate surface area is 141 Å². The number of halogens is 1. The molecule has 2 fully saturated rings. The van der Waals surface area contributed by atoms with Crippen LogP contribution in [-0.2, 0) is 25.6 Å². The highest BCUT2D eigenvalue weighted by atomic mass is 35.5. The second-order valence-electron chi connectivity index (χ2n) is 6.30. The van der Waals surface area contributed by atoms with Crippen LogP contribution < -0.4 is 0 Å². The number of likely N-dealkylation sites (tertiary alicyclic amines) is 1. The number of hydrogen-bond acceptors (Lipinski definition) is 4. The second kappa shape index (κ2) is 6.77. The van der Waals surface area contributed by atoms with E-state index in [4.69, 9.17) is 25.8 Å². The smallest absolute Gasteiger partial charge is 0.254 e. The Hall–Kier alpha value is -1.14. The van der Waals surface area contributed by atoms with Gasteiger partial charge in [0.05, 0.1) is 19.3 Å². The molecule has 126 valence electrons. The van der Waals surface area contributed by atoms with Crippen LogP contribution in [0.25, 0.3) is 0 Å². The van der Waals surface area contributed by atoms with Crippen molar-refractivity contribution in [2.24, 2.45) is 0 Å². The molecule has 6 heteroatoms. The lowest BCUT2D eigenvalue weighted by Crippen LogP contribution is -2.70. The molecule has 0 saturated carbocycles. The number of nitrogens with zero attached hydrogens (tertiary/aromatic N) is 1. The summed E-state index contributed by atoms with van der Waals surface area (Å²) in [5.41, 5.74) is 1.04. The molecule has 23 heavy (non-hydrogen) atoms. The van der Waals surface area contributed by atoms with E-state index in [-0.39, 0.29) is 18.1 Å². The minimum atomic E-state index is -0.625. The molecule has 0 spiro atoms. The molecule has 0 aromatic heterocycles. The van der Waals surface area contributed by atoms with Gasteiger partial charge < -0.3 is 19.1 Å². The van der Waals surface area contributed by atoms with E-state index >= 15 is 0 Å². The molecule has 2 saturated heterocycles. The summed E-state index contributed by atoms with van der Waals surface area (Å²) in [6.45, 7) is 5.10. The van der Waals surface area contributed by atoms with Gasteiger partial charge in [-0.15, -0.1) is 11.6 Å². The molecule has 2 aliphatic heterocycles. The van der Waals surface area contributed by atoms with Crippen molar-refractivity contribution in [1.29, 1.82) is 0 Å². The van der Waals surface area contributed by atoms with E-state index in [1.165, 1.54) is 0 Å². The highest BCUT2D eigenvalue weighted by Crippen LogP contribution is 2.34. The molecule has 3 atom stereocenters. The van der Waals surface area contributed by atoms with Crippen LogP contribution in [0.5, 0.6) is 0 Å². The monoisotopic (exact) mass is 339 g/mol. The summed E-state index contributed by atoms with van der Waals surface area (Å²) in [4.78, 5) is 14.1. The summed E-state index contributed by atoms with van der Waals surface area (Å²) in [5, 5.41) is 0. The van der Waals surface area contributed by atoms with Crippen molar-refractivity contribution in [2.75, 3.05) is 19.0 Å². The van der Waals surface area contributed by atoms with Gasteiger partial charge in [0.25, 0.3) is 5.91 Å². The van der Waals surface area contributed by atoms with E-state index in [1.54, 1.807) is 4.90 Å². The number of amides is 1. The van der Waals surface area contributed by atoms with Crippen LogP contribution in [0.4, 0.5) is 0 Å². The lowest BCUT2D eigenvalue weighted by molar-refractivity contribution is -0.197. The van der Waals surface area contributed by atoms with Crippen LogP contribution in [0, 0.1) is 0 Å². The van der Waals surface area contributed by atoms with Gasteiger partial charge in [-0.3, -0.25) is 4.79 Å². The molecule has 0 unspecified atom stereocenters. The van der Waals surface area contributed by atoms with Crippen molar-refractivity contribution in [3.63, 3.8) is 0 Å². The van der Waals surface area contributed by atoms with Crippen molar-refractivity contribution >= 4 is 17.5 Å². The van der Waals surface area contributed by atoms with Gasteiger partial charge in [0.1, 0.15) is 6.10 Å². The molecule has 1 aromatic carbocycles. The fourth-order valence-electron chi connectivity index (χ4n) is 3.10. The van der Waals surface area contributed by atoms with Gasteiger partial charge in [0.2, 0.25) is 0 Å². The summed E-state index contributed by atoms with van der Waals surface area (Å²) < 4.78 is 17.4. The van der Waals surface area contributed by atoms with Crippen molar-refractivity contribution < 1.29 is 19.0 Å². The zero-order chi connectivity index (χ0) is 16.4. The van der Waals surface area contributed by atoms with Crippen molar-refractivity contribution in [3.05, 3.63) is 35.9 Å². The molecule has 1 aromatic rings. The average Bonchev–Trinajstić information content (AvgIpc) is 2.89. The van der Waals surface area contributed by atoms with Crippen LogP contribution in [0.15, 0.2) is 30.3 Å². The van der Waals surface area contributed by atoms with Gasteiger partial charge in [0.15, 0.2) is 11.9 Å². The van der Waals surface area contributed by atoms with E-state index in [1.807, 2.05) is 44.2 Å². The SMILES string of the molecule is CC1(C)OC[C@H]([C@H]2[C@@H](OCc3ccccc3)C(=O)N2CCCl)O1. The largest absolute Gasteiger partial charge is 0.361 e. The molecule has 0 N–H and O–H groups in total. The maximum absolute atomic E-state index is 12.3. The highest BCUT2D eigenvalue weighted by molar-refractivity contribution is 6.18. The van der Waals surface area contributed by atoms with Gasteiger partial charge in [-0.05, 0) is 19.4 Å². The molecular weight excluding hydrogens is 318 g/mol. The van der Waals surface area contributed by atoms with Crippen molar-refractivity contribution in [1.82, 2.24) is 4.90 Å². The number of ether oxygens (including phenoxy) is 3. The van der Waals surface area contributed by atoms with E-state index in [0.29, 0.717) is 25.6 Å². The van der Waals surface area contributed by atoms with Crippen molar-refractivity contribution in [2.45, 2.75) is 44.5 Å². The van der Waals surface area contributed by atoms with Gasteiger partial charge in [0, 0.05) is 12.4 Å². The Morgan fingerprint density at radius 1 is 1.35 bits per heavy atom. The minimum absolute atomic E-state index is 0.0279. The van der Waals surface area contributed by atoms with E-state index in [9.17, 15) is 4.79 Å². The number of β-lactam (4-membered cyclic amide) rings is 1. The Morgan fingerprint density at radius 2 is 2.09 bits per heavy atom. The minimum Gasteiger partial charge on any atom is -0.361 e. The summed E-state index contributed by atoms with van der Waals surface area (Å²) in [7, 11) is 0. The number of alkyl halides is 1. The lowest BCUT2D eigenvalue weighted by Gasteiger charge is -2.48. The fraction of sp³-hybridized carbons (Fsp3) is 0.588. The van der Waals surface area contributed by atoms with Gasteiger partial charge in [-0.2, -0.15) is 0 Å². The topological polar surface area (TPSA) is 48.0 Å². The number of benzene rings is 1. The summed E-state index contributed by atoms with van der Waals surface area (Å²) >= 11 is 5.82. The molecular formula is C17H22ClNO4. The maximum Gasteiger partial charge on any atom is 0.254 e. The zero-order valence-electron chi connectivity index (χ0n) is 13.4. The first-order valence-electron chi connectivity index (χ1n) is 7.85. The number of hydrogen-bond donors (Lipinski definition) is 0. The molecule has 2 heterocycles. The first-order chi connectivity index (χ1) is 11.0.